The number of fused-ring (bicyclic) bond motifs is 1. The Morgan fingerprint density at radius 1 is 1.00 bits per heavy atom. The van der Waals surface area contributed by atoms with Crippen LogP contribution in [0.3, 0.4) is 0 Å². The molecule has 92 valence electrons. The van der Waals surface area contributed by atoms with Gasteiger partial charge in [0, 0.05) is 5.54 Å². The zero-order chi connectivity index (χ0) is 12.4. The molecule has 0 spiro atoms. The molecule has 17 heavy (non-hydrogen) atoms. The Kier molecular flexibility index (Phi) is 2.08. The molecule has 0 N–H and O–H groups in total. The first-order valence-electron chi connectivity index (χ1n) is 6.47. The average Bonchev–Trinajstić information content (AvgIpc) is 2.54. The Balaban J connectivity index is 2.03. The number of carbonyl (C=O) groups excluding carboxylic acids is 2. The van der Waals surface area contributed by atoms with Gasteiger partial charge in [-0.05, 0) is 45.4 Å². The van der Waals surface area contributed by atoms with Gasteiger partial charge in [0.05, 0.1) is 11.8 Å². The monoisotopic (exact) mass is 233 g/mol. The highest BCUT2D eigenvalue weighted by atomic mass is 16.2. The summed E-state index contributed by atoms with van der Waals surface area (Å²) in [6.45, 7) is 5.82. The van der Waals surface area contributed by atoms with Gasteiger partial charge in [0.1, 0.15) is 0 Å². The van der Waals surface area contributed by atoms with Crippen molar-refractivity contribution in [3.05, 3.63) is 12.2 Å². The second kappa shape index (κ2) is 3.21. The van der Waals surface area contributed by atoms with Gasteiger partial charge in [-0.15, -0.1) is 0 Å². The van der Waals surface area contributed by atoms with Gasteiger partial charge in [-0.1, -0.05) is 12.2 Å². The second-order valence-electron chi connectivity index (χ2n) is 6.52. The predicted molar refractivity (Wildman–Crippen MR) is 63.9 cm³/mol. The molecule has 2 amide bonds. The van der Waals surface area contributed by atoms with Crippen LogP contribution in [0.5, 0.6) is 0 Å². The Morgan fingerprint density at radius 3 is 1.71 bits per heavy atom. The van der Waals surface area contributed by atoms with E-state index in [9.17, 15) is 9.59 Å². The number of amides is 2. The second-order valence-corrected chi connectivity index (χ2v) is 6.52. The van der Waals surface area contributed by atoms with E-state index in [0.717, 1.165) is 12.8 Å². The molecule has 3 heteroatoms. The molecule has 3 aliphatic carbocycles. The standard InChI is InChI=1S/C14H19NO2/c1-14(2,3)15-12(16)10-8-4-5-9(7-6-8)11(10)13(15)17/h4-5,8-11H,6-7H2,1-3H3/t8-,9+,10-,11+. The minimum absolute atomic E-state index is 0.0616. The quantitative estimate of drug-likeness (QED) is 0.474. The Bertz CT molecular complexity index is 386. The van der Waals surface area contributed by atoms with Crippen molar-refractivity contribution in [1.82, 2.24) is 4.90 Å². The number of likely N-dealkylation sites (tertiary alicyclic amines) is 1. The molecule has 4 atom stereocenters. The lowest BCUT2D eigenvalue weighted by Crippen LogP contribution is -2.46. The molecular weight excluding hydrogens is 214 g/mol. The van der Waals surface area contributed by atoms with E-state index in [4.69, 9.17) is 0 Å². The van der Waals surface area contributed by atoms with Gasteiger partial charge in [0.25, 0.3) is 0 Å². The first-order chi connectivity index (χ1) is 7.91. The highest BCUT2D eigenvalue weighted by molar-refractivity contribution is 6.06. The van der Waals surface area contributed by atoms with E-state index < -0.39 is 0 Å². The van der Waals surface area contributed by atoms with Crippen molar-refractivity contribution >= 4 is 11.8 Å². The van der Waals surface area contributed by atoms with Gasteiger partial charge >= 0.3 is 0 Å². The van der Waals surface area contributed by atoms with Crippen molar-refractivity contribution in [3.63, 3.8) is 0 Å². The highest BCUT2D eigenvalue weighted by Crippen LogP contribution is 2.50. The van der Waals surface area contributed by atoms with Crippen molar-refractivity contribution in [2.75, 3.05) is 0 Å². The zero-order valence-electron chi connectivity index (χ0n) is 10.6. The molecular formula is C14H19NO2. The van der Waals surface area contributed by atoms with Gasteiger partial charge in [-0.3, -0.25) is 14.5 Å². The van der Waals surface area contributed by atoms with E-state index in [1.165, 1.54) is 4.90 Å². The molecule has 1 aliphatic heterocycles. The fourth-order valence-corrected chi connectivity index (χ4v) is 3.74. The number of hydrogen-bond acceptors (Lipinski definition) is 2. The van der Waals surface area contributed by atoms with Crippen LogP contribution in [0.15, 0.2) is 12.2 Å². The molecule has 2 fully saturated rings. The molecule has 0 aromatic heterocycles. The van der Waals surface area contributed by atoms with E-state index in [0.29, 0.717) is 11.8 Å². The largest absolute Gasteiger partial charge is 0.277 e. The highest BCUT2D eigenvalue weighted by Gasteiger charge is 2.58. The number of rotatable bonds is 0. The number of imide groups is 1. The summed E-state index contributed by atoms with van der Waals surface area (Å²) in [7, 11) is 0. The number of hydrogen-bond donors (Lipinski definition) is 0. The van der Waals surface area contributed by atoms with Crippen LogP contribution in [0.1, 0.15) is 33.6 Å². The number of nitrogens with zero attached hydrogens (tertiary/aromatic N) is 1. The summed E-state index contributed by atoms with van der Waals surface area (Å²) in [5.74, 6) is 0.594. The van der Waals surface area contributed by atoms with E-state index >= 15 is 0 Å². The van der Waals surface area contributed by atoms with Crippen LogP contribution in [0.4, 0.5) is 0 Å². The minimum Gasteiger partial charge on any atom is -0.277 e. The van der Waals surface area contributed by atoms with Crippen LogP contribution < -0.4 is 0 Å². The van der Waals surface area contributed by atoms with Crippen molar-refractivity contribution in [2.24, 2.45) is 23.7 Å². The molecule has 1 saturated heterocycles. The van der Waals surface area contributed by atoms with Crippen LogP contribution in [0, 0.1) is 23.7 Å². The molecule has 0 aromatic rings. The fraction of sp³-hybridized carbons (Fsp3) is 0.714. The van der Waals surface area contributed by atoms with Gasteiger partial charge in [0.2, 0.25) is 11.8 Å². The number of allylic oxidation sites excluding steroid dienone is 2. The summed E-state index contributed by atoms with van der Waals surface area (Å²) in [6.07, 6.45) is 6.46. The molecule has 4 aliphatic rings. The smallest absolute Gasteiger partial charge is 0.234 e. The van der Waals surface area contributed by atoms with Crippen molar-refractivity contribution in [2.45, 2.75) is 39.2 Å². The maximum absolute atomic E-state index is 12.5. The molecule has 0 aromatic carbocycles. The van der Waals surface area contributed by atoms with E-state index in [-0.39, 0.29) is 29.2 Å². The average molecular weight is 233 g/mol. The fourth-order valence-electron chi connectivity index (χ4n) is 3.74. The summed E-state index contributed by atoms with van der Waals surface area (Å²) in [6, 6.07) is 0. The molecule has 1 saturated carbocycles. The van der Waals surface area contributed by atoms with Crippen LogP contribution in [0.25, 0.3) is 0 Å². The van der Waals surface area contributed by atoms with Gasteiger partial charge < -0.3 is 0 Å². The summed E-state index contributed by atoms with van der Waals surface area (Å²) in [5, 5.41) is 0. The van der Waals surface area contributed by atoms with Crippen LogP contribution >= 0.6 is 0 Å². The lowest BCUT2D eigenvalue weighted by molar-refractivity contribution is -0.145. The van der Waals surface area contributed by atoms with Crippen molar-refractivity contribution in [1.29, 1.82) is 0 Å². The maximum atomic E-state index is 12.5. The lowest BCUT2D eigenvalue weighted by atomic mass is 9.63. The first-order valence-corrected chi connectivity index (χ1v) is 6.47. The molecule has 3 nitrogen and oxygen atoms in total. The third kappa shape index (κ3) is 1.34. The van der Waals surface area contributed by atoms with E-state index in [2.05, 4.69) is 12.2 Å². The molecule has 1 heterocycles. The third-order valence-corrected chi connectivity index (χ3v) is 4.43. The summed E-state index contributed by atoms with van der Waals surface area (Å²) >= 11 is 0. The third-order valence-electron chi connectivity index (χ3n) is 4.43. The minimum atomic E-state index is -0.384. The van der Waals surface area contributed by atoms with Crippen molar-refractivity contribution < 1.29 is 9.59 Å². The summed E-state index contributed by atoms with van der Waals surface area (Å²) in [5.41, 5.74) is -0.384. The van der Waals surface area contributed by atoms with Crippen LogP contribution in [-0.4, -0.2) is 22.3 Å². The predicted octanol–water partition coefficient (Wildman–Crippen LogP) is 1.98. The molecule has 4 rings (SSSR count). The Hall–Kier alpha value is -1.12. The Morgan fingerprint density at radius 2 is 1.41 bits per heavy atom. The van der Waals surface area contributed by atoms with Crippen LogP contribution in [-0.2, 0) is 9.59 Å². The van der Waals surface area contributed by atoms with Crippen molar-refractivity contribution in [3.8, 4) is 0 Å². The van der Waals surface area contributed by atoms with Crippen LogP contribution in [0.2, 0.25) is 0 Å². The Labute approximate surface area is 102 Å². The topological polar surface area (TPSA) is 37.4 Å². The molecule has 2 bridgehead atoms. The molecule has 0 radical (unpaired) electrons. The SMILES string of the molecule is CC(C)(C)N1C(=O)[C@@H]2[C@H](C1=O)[C@@H]1C=C[C@H]2CC1. The van der Waals surface area contributed by atoms with E-state index in [1.807, 2.05) is 20.8 Å². The maximum Gasteiger partial charge on any atom is 0.234 e. The number of carbonyl (C=O) groups is 2. The lowest BCUT2D eigenvalue weighted by Gasteiger charge is -2.38. The van der Waals surface area contributed by atoms with Gasteiger partial charge in [-0.25, -0.2) is 0 Å². The first kappa shape index (κ1) is 11.0. The van der Waals surface area contributed by atoms with Gasteiger partial charge in [-0.2, -0.15) is 0 Å². The zero-order valence-corrected chi connectivity index (χ0v) is 10.6. The molecule has 0 unspecified atom stereocenters. The van der Waals surface area contributed by atoms with E-state index in [1.54, 1.807) is 0 Å². The van der Waals surface area contributed by atoms with Gasteiger partial charge in [0.15, 0.2) is 0 Å². The summed E-state index contributed by atoms with van der Waals surface area (Å²) in [4.78, 5) is 26.4. The normalized spacial score (nSPS) is 40.1. The summed E-state index contributed by atoms with van der Waals surface area (Å²) < 4.78 is 0.